The first-order valence-electron chi connectivity index (χ1n) is 9.84. The third-order valence-electron chi connectivity index (χ3n) is 4.76. The van der Waals surface area contributed by atoms with Gasteiger partial charge in [-0.2, -0.15) is 33.9 Å². The monoisotopic (exact) mass is 559 g/mol. The fourth-order valence-electron chi connectivity index (χ4n) is 3.01. The van der Waals surface area contributed by atoms with Gasteiger partial charge in [0.15, 0.2) is 0 Å². The zero-order valence-corrected chi connectivity index (χ0v) is 20.7. The normalized spacial score (nSPS) is 13.8. The molecule has 0 saturated carbocycles. The van der Waals surface area contributed by atoms with E-state index in [1.54, 1.807) is 6.07 Å². The lowest BCUT2D eigenvalue weighted by Gasteiger charge is -2.26. The fourth-order valence-corrected chi connectivity index (χ4v) is 4.09. The smallest absolute Gasteiger partial charge is 0.417 e. The van der Waals surface area contributed by atoms with E-state index >= 15 is 0 Å². The number of imide groups is 1. The summed E-state index contributed by atoms with van der Waals surface area (Å²) in [7, 11) is 0. The molecule has 1 N–H and O–H groups in total. The number of nitrogens with one attached hydrogen (secondary N) is 1. The molecule has 2 rings (SSSR count). The Morgan fingerprint density at radius 1 is 1.11 bits per heavy atom. The molecule has 0 saturated heterocycles. The fraction of sp³-hybridized carbons (Fsp3) is 0.273. The molecule has 14 heteroatoms. The Hall–Kier alpha value is -3.38. The van der Waals surface area contributed by atoms with Crippen LogP contribution in [0.4, 0.5) is 23.7 Å². The average molecular weight is 561 g/mol. The lowest BCUT2D eigenvalue weighted by Crippen LogP contribution is -2.37. The van der Waals surface area contributed by atoms with Crippen molar-refractivity contribution in [3.05, 3.63) is 62.1 Å². The van der Waals surface area contributed by atoms with Crippen LogP contribution in [0.25, 0.3) is 0 Å². The summed E-state index contributed by atoms with van der Waals surface area (Å²) >= 11 is 18.4. The van der Waals surface area contributed by atoms with Gasteiger partial charge in [-0.3, -0.25) is 10.1 Å². The number of azo groups is 1. The standard InChI is InChI=1S/C22H15Cl3F3N5O3/c1-3-36-20(35)31-19(34)17(9-29)33-32-12-7-15(24)18(16(25)8-12)21(2,10-30)11-4-5-14(23)13(6-11)22(26,27)28/h4-8,17H,3H2,1-2H3,(H,31,34,35). The van der Waals surface area contributed by atoms with Crippen LogP contribution >= 0.6 is 34.8 Å². The molecule has 0 heterocycles. The zero-order chi connectivity index (χ0) is 27.3. The topological polar surface area (TPSA) is 128 Å². The van der Waals surface area contributed by atoms with Gasteiger partial charge < -0.3 is 4.74 Å². The van der Waals surface area contributed by atoms with Gasteiger partial charge in [0, 0.05) is 15.6 Å². The van der Waals surface area contributed by atoms with Crippen molar-refractivity contribution in [2.24, 2.45) is 10.2 Å². The van der Waals surface area contributed by atoms with Gasteiger partial charge in [0.25, 0.3) is 5.91 Å². The first-order chi connectivity index (χ1) is 16.8. The molecule has 0 aliphatic rings. The number of nitrogens with zero attached hydrogens (tertiary/aromatic N) is 4. The Bertz CT molecular complexity index is 1280. The predicted molar refractivity (Wildman–Crippen MR) is 124 cm³/mol. The second-order valence-electron chi connectivity index (χ2n) is 7.17. The molecule has 0 aliphatic carbocycles. The van der Waals surface area contributed by atoms with Crippen molar-refractivity contribution in [1.29, 1.82) is 10.5 Å². The minimum Gasteiger partial charge on any atom is -0.450 e. The number of ether oxygens (including phenoxy) is 1. The van der Waals surface area contributed by atoms with Crippen LogP contribution in [0.5, 0.6) is 0 Å². The highest BCUT2D eigenvalue weighted by atomic mass is 35.5. The van der Waals surface area contributed by atoms with E-state index < -0.39 is 40.2 Å². The molecule has 36 heavy (non-hydrogen) atoms. The average Bonchev–Trinajstić information content (AvgIpc) is 2.78. The Balaban J connectivity index is 2.46. The van der Waals surface area contributed by atoms with E-state index in [0.29, 0.717) is 0 Å². The Labute approximate surface area is 218 Å². The Kier molecular flexibility index (Phi) is 9.27. The van der Waals surface area contributed by atoms with E-state index in [4.69, 9.17) is 40.1 Å². The molecule has 2 unspecified atom stereocenters. The van der Waals surface area contributed by atoms with E-state index in [1.807, 2.05) is 11.4 Å². The molecule has 2 aromatic carbocycles. The van der Waals surface area contributed by atoms with Gasteiger partial charge in [0.05, 0.1) is 28.9 Å². The molecule has 0 aromatic heterocycles. The largest absolute Gasteiger partial charge is 0.450 e. The van der Waals surface area contributed by atoms with Crippen LogP contribution in [0, 0.1) is 22.7 Å². The van der Waals surface area contributed by atoms with Crippen molar-refractivity contribution < 1.29 is 27.5 Å². The van der Waals surface area contributed by atoms with Gasteiger partial charge in [-0.05, 0) is 43.7 Å². The molecule has 0 radical (unpaired) electrons. The van der Waals surface area contributed by atoms with Crippen LogP contribution in [-0.4, -0.2) is 24.6 Å². The third-order valence-corrected chi connectivity index (χ3v) is 5.69. The predicted octanol–water partition coefficient (Wildman–Crippen LogP) is 6.74. The number of hydrogen-bond acceptors (Lipinski definition) is 7. The van der Waals surface area contributed by atoms with Crippen molar-refractivity contribution in [2.75, 3.05) is 6.61 Å². The van der Waals surface area contributed by atoms with Crippen molar-refractivity contribution in [1.82, 2.24) is 5.32 Å². The van der Waals surface area contributed by atoms with E-state index in [1.165, 1.54) is 32.0 Å². The van der Waals surface area contributed by atoms with Gasteiger partial charge in [-0.15, -0.1) is 0 Å². The van der Waals surface area contributed by atoms with Crippen LogP contribution < -0.4 is 5.32 Å². The number of carbonyl (C=O) groups excluding carboxylic acids is 2. The van der Waals surface area contributed by atoms with Crippen LogP contribution in [0.1, 0.15) is 30.5 Å². The van der Waals surface area contributed by atoms with Crippen LogP contribution in [0.3, 0.4) is 0 Å². The molecule has 8 nitrogen and oxygen atoms in total. The molecule has 0 fully saturated rings. The molecule has 2 atom stereocenters. The lowest BCUT2D eigenvalue weighted by molar-refractivity contribution is -0.137. The van der Waals surface area contributed by atoms with Gasteiger partial charge in [-0.1, -0.05) is 40.9 Å². The highest BCUT2D eigenvalue weighted by molar-refractivity contribution is 6.36. The summed E-state index contributed by atoms with van der Waals surface area (Å²) in [4.78, 5) is 23.3. The number of nitriles is 2. The third kappa shape index (κ3) is 6.43. The molecule has 188 valence electrons. The summed E-state index contributed by atoms with van der Waals surface area (Å²) in [5.41, 5.74) is -2.99. The van der Waals surface area contributed by atoms with Crippen LogP contribution in [0.2, 0.25) is 15.1 Å². The summed E-state index contributed by atoms with van der Waals surface area (Å²) < 4.78 is 44.6. The minimum absolute atomic E-state index is 0.00362. The van der Waals surface area contributed by atoms with Crippen molar-refractivity contribution in [3.8, 4) is 12.1 Å². The molecule has 2 aromatic rings. The summed E-state index contributed by atoms with van der Waals surface area (Å²) in [5.74, 6) is -1.09. The minimum atomic E-state index is -4.77. The Morgan fingerprint density at radius 2 is 1.72 bits per heavy atom. The van der Waals surface area contributed by atoms with Gasteiger partial charge in [0.1, 0.15) is 11.5 Å². The van der Waals surface area contributed by atoms with Crippen molar-refractivity contribution >= 4 is 52.5 Å². The SMILES string of the molecule is CCOC(=O)NC(=O)C(C#N)N=Nc1cc(Cl)c(C(C)(C#N)c2ccc(Cl)c(C(F)(F)F)c2)c(Cl)c1. The Morgan fingerprint density at radius 3 is 2.22 bits per heavy atom. The first-order valence-corrected chi connectivity index (χ1v) is 11.0. The number of alkyl carbamates (subject to hydrolysis) is 1. The van der Waals surface area contributed by atoms with Crippen LogP contribution in [-0.2, 0) is 21.1 Å². The van der Waals surface area contributed by atoms with E-state index in [-0.39, 0.29) is 33.5 Å². The molecular formula is C22H15Cl3F3N5O3. The molecule has 2 amide bonds. The first kappa shape index (κ1) is 28.9. The highest BCUT2D eigenvalue weighted by Gasteiger charge is 2.38. The quantitative estimate of drug-likeness (QED) is 0.391. The van der Waals surface area contributed by atoms with Crippen molar-refractivity contribution in [3.63, 3.8) is 0 Å². The van der Waals surface area contributed by atoms with Gasteiger partial charge >= 0.3 is 12.3 Å². The summed E-state index contributed by atoms with van der Waals surface area (Å²) in [6, 6.07) is 7.17. The zero-order valence-electron chi connectivity index (χ0n) is 18.5. The number of halogens is 6. The van der Waals surface area contributed by atoms with Crippen LogP contribution in [0.15, 0.2) is 40.6 Å². The number of carbonyl (C=O) groups is 2. The van der Waals surface area contributed by atoms with E-state index in [9.17, 15) is 28.0 Å². The highest BCUT2D eigenvalue weighted by Crippen LogP contribution is 2.44. The number of benzene rings is 2. The lowest BCUT2D eigenvalue weighted by atomic mass is 9.77. The summed E-state index contributed by atoms with van der Waals surface area (Å²) in [5, 5.41) is 27.3. The molecular weight excluding hydrogens is 546 g/mol. The molecule has 0 bridgehead atoms. The van der Waals surface area contributed by atoms with Crippen molar-refractivity contribution in [2.45, 2.75) is 31.5 Å². The summed E-state index contributed by atoms with van der Waals surface area (Å²) in [6.45, 7) is 2.84. The maximum atomic E-state index is 13.4. The van der Waals surface area contributed by atoms with E-state index in [2.05, 4.69) is 15.0 Å². The number of hydrogen-bond donors (Lipinski definition) is 1. The second kappa shape index (κ2) is 11.6. The molecule has 0 aliphatic heterocycles. The van der Waals surface area contributed by atoms with E-state index in [0.717, 1.165) is 12.1 Å². The number of amides is 2. The van der Waals surface area contributed by atoms with Gasteiger partial charge in [-0.25, -0.2) is 4.79 Å². The summed E-state index contributed by atoms with van der Waals surface area (Å²) in [6.07, 6.45) is -5.84. The number of alkyl halides is 3. The number of rotatable bonds is 6. The maximum absolute atomic E-state index is 13.4. The van der Waals surface area contributed by atoms with Gasteiger partial charge in [0.2, 0.25) is 6.04 Å². The maximum Gasteiger partial charge on any atom is 0.417 e. The molecule has 0 spiro atoms. The second-order valence-corrected chi connectivity index (χ2v) is 8.39.